The maximum absolute atomic E-state index is 12.6. The number of benzene rings is 1. The number of aliphatic hydroxyl groups is 1. The van der Waals surface area contributed by atoms with Gasteiger partial charge in [0, 0.05) is 30.5 Å². The highest BCUT2D eigenvalue weighted by Gasteiger charge is 2.31. The minimum Gasteiger partial charge on any atom is -0.388 e. The molecule has 1 aliphatic heterocycles. The van der Waals surface area contributed by atoms with Crippen molar-refractivity contribution < 1.29 is 18.3 Å². The third-order valence-electron chi connectivity index (χ3n) is 3.84. The molecule has 2 heterocycles. The van der Waals surface area contributed by atoms with Gasteiger partial charge in [-0.25, -0.2) is 9.97 Å². The van der Waals surface area contributed by atoms with Crippen molar-refractivity contribution in [3.63, 3.8) is 0 Å². The van der Waals surface area contributed by atoms with Crippen LogP contribution in [0.25, 0.3) is 0 Å². The number of hydrogen-bond donors (Lipinski definition) is 2. The fourth-order valence-electron chi connectivity index (χ4n) is 2.63. The summed E-state index contributed by atoms with van der Waals surface area (Å²) < 4.78 is 37.7. The number of nitrogens with one attached hydrogen (secondary N) is 1. The maximum Gasteiger partial charge on any atom is 0.416 e. The van der Waals surface area contributed by atoms with Gasteiger partial charge in [0.05, 0.1) is 11.6 Å². The van der Waals surface area contributed by atoms with E-state index in [1.54, 1.807) is 6.07 Å². The van der Waals surface area contributed by atoms with Crippen molar-refractivity contribution in [1.82, 2.24) is 9.97 Å². The van der Waals surface area contributed by atoms with E-state index in [0.29, 0.717) is 24.7 Å². The van der Waals surface area contributed by atoms with Crippen LogP contribution >= 0.6 is 0 Å². The summed E-state index contributed by atoms with van der Waals surface area (Å²) in [6, 6.07) is 7.10. The van der Waals surface area contributed by atoms with Crippen molar-refractivity contribution >= 4 is 11.5 Å². The summed E-state index contributed by atoms with van der Waals surface area (Å²) in [7, 11) is 0. The lowest BCUT2D eigenvalue weighted by Gasteiger charge is -2.41. The Morgan fingerprint density at radius 3 is 2.46 bits per heavy atom. The van der Waals surface area contributed by atoms with Crippen molar-refractivity contribution in [3.8, 4) is 0 Å². The molecule has 2 aromatic rings. The van der Waals surface area contributed by atoms with E-state index >= 15 is 0 Å². The smallest absolute Gasteiger partial charge is 0.388 e. The molecule has 0 amide bonds. The normalized spacial score (nSPS) is 15.3. The minimum absolute atomic E-state index is 0.146. The molecule has 1 aromatic carbocycles. The van der Waals surface area contributed by atoms with Crippen LogP contribution in [-0.4, -0.2) is 34.2 Å². The summed E-state index contributed by atoms with van der Waals surface area (Å²) in [5.41, 5.74) is 0.876. The molecule has 2 N–H and O–H groups in total. The summed E-state index contributed by atoms with van der Waals surface area (Å²) in [4.78, 5) is 10.3. The third-order valence-corrected chi connectivity index (χ3v) is 3.84. The molecule has 0 unspecified atom stereocenters. The molecule has 5 nitrogen and oxygen atoms in total. The molecular formula is C16H17F3N4O. The average Bonchev–Trinajstić information content (AvgIpc) is 2.49. The van der Waals surface area contributed by atoms with E-state index < -0.39 is 11.7 Å². The van der Waals surface area contributed by atoms with Gasteiger partial charge in [0.15, 0.2) is 5.82 Å². The summed E-state index contributed by atoms with van der Waals surface area (Å²) >= 11 is 0. The Kier molecular flexibility index (Phi) is 4.31. The van der Waals surface area contributed by atoms with Gasteiger partial charge >= 0.3 is 6.18 Å². The highest BCUT2D eigenvalue weighted by Crippen LogP contribution is 2.31. The number of aliphatic hydroxyl groups excluding tert-OH is 1. The Bertz CT molecular complexity index is 712. The zero-order chi connectivity index (χ0) is 17.3. The molecule has 0 saturated carbocycles. The molecule has 1 aliphatic rings. The zero-order valence-corrected chi connectivity index (χ0v) is 13.0. The molecule has 1 aromatic heterocycles. The highest BCUT2D eigenvalue weighted by molar-refractivity contribution is 5.52. The Hall–Kier alpha value is -2.35. The van der Waals surface area contributed by atoms with Crippen LogP contribution in [0.4, 0.5) is 24.7 Å². The van der Waals surface area contributed by atoms with Gasteiger partial charge in [-0.05, 0) is 31.2 Å². The van der Waals surface area contributed by atoms with Crippen LogP contribution in [0.3, 0.4) is 0 Å². The predicted octanol–water partition coefficient (Wildman–Crippen LogP) is 2.60. The minimum atomic E-state index is -4.31. The summed E-state index contributed by atoms with van der Waals surface area (Å²) in [5, 5.41) is 12.4. The molecule has 24 heavy (non-hydrogen) atoms. The van der Waals surface area contributed by atoms with Crippen molar-refractivity contribution in [3.05, 3.63) is 47.4 Å². The first kappa shape index (κ1) is 16.5. The largest absolute Gasteiger partial charge is 0.416 e. The first-order valence-electron chi connectivity index (χ1n) is 7.49. The highest BCUT2D eigenvalue weighted by atomic mass is 19.4. The van der Waals surface area contributed by atoms with E-state index in [0.717, 1.165) is 23.5 Å². The lowest BCUT2D eigenvalue weighted by atomic mass is 10.1. The number of aromatic nitrogens is 2. The third kappa shape index (κ3) is 3.59. The first-order valence-corrected chi connectivity index (χ1v) is 7.49. The standard InChI is InChI=1S/C16H17F3N4O/c1-10-6-14(22-15(9-24)20-10)21-12-7-23(8-12)13-4-2-11(3-5-13)16(17,18)19/h2-6,12,24H,7-9H2,1H3,(H,20,21,22). The average molecular weight is 338 g/mol. The van der Waals surface area contributed by atoms with Crippen LogP contribution < -0.4 is 10.2 Å². The first-order chi connectivity index (χ1) is 11.3. The van der Waals surface area contributed by atoms with Crippen molar-refractivity contribution in [2.45, 2.75) is 25.7 Å². The Morgan fingerprint density at radius 1 is 1.21 bits per heavy atom. The Labute approximate surface area is 137 Å². The molecular weight excluding hydrogens is 321 g/mol. The van der Waals surface area contributed by atoms with Crippen LogP contribution in [0, 0.1) is 6.92 Å². The topological polar surface area (TPSA) is 61.3 Å². The van der Waals surface area contributed by atoms with Crippen LogP contribution in [0.5, 0.6) is 0 Å². The van der Waals surface area contributed by atoms with Crippen molar-refractivity contribution in [2.75, 3.05) is 23.3 Å². The number of halogens is 3. The van der Waals surface area contributed by atoms with Crippen molar-refractivity contribution in [1.29, 1.82) is 0 Å². The number of hydrogen-bond acceptors (Lipinski definition) is 5. The molecule has 0 radical (unpaired) electrons. The van der Waals surface area contributed by atoms with Crippen LogP contribution in [0.1, 0.15) is 17.1 Å². The second kappa shape index (κ2) is 6.27. The molecule has 0 aliphatic carbocycles. The quantitative estimate of drug-likeness (QED) is 0.897. The van der Waals surface area contributed by atoms with Gasteiger partial charge in [0.1, 0.15) is 12.4 Å². The number of anilines is 2. The van der Waals surface area contributed by atoms with E-state index in [4.69, 9.17) is 5.11 Å². The van der Waals surface area contributed by atoms with E-state index in [9.17, 15) is 13.2 Å². The molecule has 8 heteroatoms. The number of rotatable bonds is 4. The summed E-state index contributed by atoms with van der Waals surface area (Å²) in [5.74, 6) is 1.00. The second-order valence-electron chi connectivity index (χ2n) is 5.76. The Balaban J connectivity index is 1.58. The van der Waals surface area contributed by atoms with Crippen molar-refractivity contribution in [2.24, 2.45) is 0 Å². The van der Waals surface area contributed by atoms with Gasteiger partial charge in [-0.3, -0.25) is 0 Å². The number of nitrogens with zero attached hydrogens (tertiary/aromatic N) is 3. The van der Waals surface area contributed by atoms with Gasteiger partial charge in [-0.15, -0.1) is 0 Å². The van der Waals surface area contributed by atoms with Crippen LogP contribution in [0.15, 0.2) is 30.3 Å². The molecule has 0 bridgehead atoms. The fourth-order valence-corrected chi connectivity index (χ4v) is 2.63. The maximum atomic E-state index is 12.6. The lowest BCUT2D eigenvalue weighted by molar-refractivity contribution is -0.137. The number of alkyl halides is 3. The summed E-state index contributed by atoms with van der Waals surface area (Å²) in [6.07, 6.45) is -4.31. The van der Waals surface area contributed by atoms with Gasteiger partial charge in [0.2, 0.25) is 0 Å². The van der Waals surface area contributed by atoms with E-state index in [1.165, 1.54) is 12.1 Å². The van der Waals surface area contributed by atoms with E-state index in [1.807, 2.05) is 11.8 Å². The molecule has 0 atom stereocenters. The van der Waals surface area contributed by atoms with Gasteiger partial charge in [-0.1, -0.05) is 0 Å². The molecule has 128 valence electrons. The molecule has 1 fully saturated rings. The Morgan fingerprint density at radius 2 is 1.88 bits per heavy atom. The van der Waals surface area contributed by atoms with E-state index in [-0.39, 0.29) is 12.6 Å². The van der Waals surface area contributed by atoms with Gasteiger partial charge in [0.25, 0.3) is 0 Å². The summed E-state index contributed by atoms with van der Waals surface area (Å²) in [6.45, 7) is 2.94. The zero-order valence-electron chi connectivity index (χ0n) is 13.0. The van der Waals surface area contributed by atoms with Crippen LogP contribution in [-0.2, 0) is 12.8 Å². The monoisotopic (exact) mass is 338 g/mol. The second-order valence-corrected chi connectivity index (χ2v) is 5.76. The van der Waals surface area contributed by atoms with E-state index in [2.05, 4.69) is 15.3 Å². The molecule has 3 rings (SSSR count). The van der Waals surface area contributed by atoms with Crippen LogP contribution in [0.2, 0.25) is 0 Å². The molecule has 0 spiro atoms. The molecule has 1 saturated heterocycles. The fraction of sp³-hybridized carbons (Fsp3) is 0.375. The van der Waals surface area contributed by atoms with Gasteiger partial charge < -0.3 is 15.3 Å². The predicted molar refractivity (Wildman–Crippen MR) is 83.8 cm³/mol. The number of aryl methyl sites for hydroxylation is 1. The lowest BCUT2D eigenvalue weighted by Crippen LogP contribution is -2.55. The van der Waals surface area contributed by atoms with Gasteiger partial charge in [-0.2, -0.15) is 13.2 Å². The SMILES string of the molecule is Cc1cc(NC2CN(c3ccc(C(F)(F)F)cc3)C2)nc(CO)n1.